The average molecular weight is 265 g/mol. The summed E-state index contributed by atoms with van der Waals surface area (Å²) in [7, 11) is -1.85. The zero-order valence-electron chi connectivity index (χ0n) is 10.5. The zero-order chi connectivity index (χ0) is 12.7. The van der Waals surface area contributed by atoms with E-state index in [0.29, 0.717) is 31.5 Å². The highest BCUT2D eigenvalue weighted by Crippen LogP contribution is 2.17. The van der Waals surface area contributed by atoms with E-state index in [4.69, 9.17) is 4.74 Å². The molecule has 2 unspecified atom stereocenters. The molecular weight excluding hydrogens is 242 g/mol. The Kier molecular flexibility index (Phi) is 6.35. The first kappa shape index (κ1) is 14.8. The fraction of sp³-hybridized carbons (Fsp3) is 1.00. The van der Waals surface area contributed by atoms with Crippen molar-refractivity contribution >= 4 is 10.2 Å². The van der Waals surface area contributed by atoms with Crippen molar-refractivity contribution in [2.75, 3.05) is 39.9 Å². The SMILES string of the molecule is COCCNS(=O)(=O)NCC1CNCCC1C. The second-order valence-corrected chi connectivity index (χ2v) is 6.05. The van der Waals surface area contributed by atoms with Gasteiger partial charge < -0.3 is 10.1 Å². The number of hydrogen-bond acceptors (Lipinski definition) is 4. The summed E-state index contributed by atoms with van der Waals surface area (Å²) in [6.07, 6.45) is 1.10. The summed E-state index contributed by atoms with van der Waals surface area (Å²) in [6.45, 7) is 5.22. The summed E-state index contributed by atoms with van der Waals surface area (Å²) >= 11 is 0. The number of methoxy groups -OCH3 is 1. The highest BCUT2D eigenvalue weighted by molar-refractivity contribution is 7.87. The van der Waals surface area contributed by atoms with Crippen LogP contribution in [-0.2, 0) is 14.9 Å². The molecule has 7 heteroatoms. The van der Waals surface area contributed by atoms with Crippen molar-refractivity contribution in [1.29, 1.82) is 0 Å². The van der Waals surface area contributed by atoms with Crippen molar-refractivity contribution < 1.29 is 13.2 Å². The normalized spacial score (nSPS) is 26.0. The number of hydrogen-bond donors (Lipinski definition) is 3. The minimum absolute atomic E-state index is 0.296. The largest absolute Gasteiger partial charge is 0.383 e. The Morgan fingerprint density at radius 1 is 1.41 bits per heavy atom. The zero-order valence-corrected chi connectivity index (χ0v) is 11.3. The van der Waals surface area contributed by atoms with E-state index < -0.39 is 10.2 Å². The van der Waals surface area contributed by atoms with Gasteiger partial charge in [-0.3, -0.25) is 0 Å². The molecule has 0 aromatic rings. The van der Waals surface area contributed by atoms with Crippen LogP contribution in [0.3, 0.4) is 0 Å². The molecule has 0 radical (unpaired) electrons. The van der Waals surface area contributed by atoms with Gasteiger partial charge in [0.05, 0.1) is 6.61 Å². The van der Waals surface area contributed by atoms with Gasteiger partial charge in [0, 0.05) is 20.2 Å². The maximum atomic E-state index is 11.6. The Morgan fingerprint density at radius 2 is 2.18 bits per heavy atom. The molecule has 0 aromatic heterocycles. The van der Waals surface area contributed by atoms with Crippen LogP contribution in [0.5, 0.6) is 0 Å². The molecule has 1 aliphatic rings. The van der Waals surface area contributed by atoms with Crippen LogP contribution < -0.4 is 14.8 Å². The van der Waals surface area contributed by atoms with Crippen LogP contribution in [0.25, 0.3) is 0 Å². The molecule has 1 fully saturated rings. The predicted molar refractivity (Wildman–Crippen MR) is 66.9 cm³/mol. The average Bonchev–Trinajstić information content (AvgIpc) is 2.28. The van der Waals surface area contributed by atoms with E-state index in [2.05, 4.69) is 21.7 Å². The molecule has 1 rings (SSSR count). The summed E-state index contributed by atoms with van der Waals surface area (Å²) in [5.74, 6) is 0.917. The lowest BCUT2D eigenvalue weighted by Crippen LogP contribution is -2.45. The minimum Gasteiger partial charge on any atom is -0.383 e. The first-order valence-electron chi connectivity index (χ1n) is 5.99. The molecule has 17 heavy (non-hydrogen) atoms. The van der Waals surface area contributed by atoms with Gasteiger partial charge in [-0.1, -0.05) is 6.92 Å². The summed E-state index contributed by atoms with van der Waals surface area (Å²) < 4.78 is 32.9. The van der Waals surface area contributed by atoms with Crippen LogP contribution >= 0.6 is 0 Å². The Balaban J connectivity index is 2.28. The molecule has 0 amide bonds. The van der Waals surface area contributed by atoms with E-state index in [1.54, 1.807) is 0 Å². The molecule has 6 nitrogen and oxygen atoms in total. The second-order valence-electron chi connectivity index (χ2n) is 4.47. The predicted octanol–water partition coefficient (Wildman–Crippen LogP) is -0.698. The smallest absolute Gasteiger partial charge is 0.276 e. The van der Waals surface area contributed by atoms with Crippen LogP contribution in [0.1, 0.15) is 13.3 Å². The van der Waals surface area contributed by atoms with E-state index in [-0.39, 0.29) is 0 Å². The Labute approximate surface area is 104 Å². The van der Waals surface area contributed by atoms with Crippen LogP contribution in [0.15, 0.2) is 0 Å². The molecule has 3 N–H and O–H groups in total. The van der Waals surface area contributed by atoms with E-state index in [0.717, 1.165) is 19.5 Å². The molecule has 1 heterocycles. The highest BCUT2D eigenvalue weighted by atomic mass is 32.2. The lowest BCUT2D eigenvalue weighted by molar-refractivity contribution is 0.204. The van der Waals surface area contributed by atoms with Gasteiger partial charge in [-0.15, -0.1) is 0 Å². The topological polar surface area (TPSA) is 79.5 Å². The first-order chi connectivity index (χ1) is 8.05. The Morgan fingerprint density at radius 3 is 2.82 bits per heavy atom. The van der Waals surface area contributed by atoms with Gasteiger partial charge >= 0.3 is 0 Å². The molecule has 0 aromatic carbocycles. The van der Waals surface area contributed by atoms with Gasteiger partial charge in [0.1, 0.15) is 0 Å². The van der Waals surface area contributed by atoms with E-state index in [1.165, 1.54) is 7.11 Å². The Hall–Kier alpha value is -0.210. The minimum atomic E-state index is -3.38. The van der Waals surface area contributed by atoms with Gasteiger partial charge in [-0.2, -0.15) is 13.1 Å². The molecule has 102 valence electrons. The van der Waals surface area contributed by atoms with Gasteiger partial charge in [0.2, 0.25) is 0 Å². The standard InChI is InChI=1S/C10H23N3O3S/c1-9-3-4-11-7-10(9)8-13-17(14,15)12-5-6-16-2/h9-13H,3-8H2,1-2H3. The molecule has 0 aliphatic carbocycles. The molecule has 1 aliphatic heterocycles. The van der Waals surface area contributed by atoms with Crippen molar-refractivity contribution in [3.05, 3.63) is 0 Å². The highest BCUT2D eigenvalue weighted by Gasteiger charge is 2.22. The van der Waals surface area contributed by atoms with Crippen molar-refractivity contribution in [3.8, 4) is 0 Å². The van der Waals surface area contributed by atoms with E-state index in [1.807, 2.05) is 0 Å². The first-order valence-corrected chi connectivity index (χ1v) is 7.47. The van der Waals surface area contributed by atoms with Crippen molar-refractivity contribution in [3.63, 3.8) is 0 Å². The fourth-order valence-electron chi connectivity index (χ4n) is 1.87. The number of piperidine rings is 1. The monoisotopic (exact) mass is 265 g/mol. The molecule has 0 bridgehead atoms. The van der Waals surface area contributed by atoms with Crippen LogP contribution in [0.2, 0.25) is 0 Å². The van der Waals surface area contributed by atoms with Crippen LogP contribution in [-0.4, -0.2) is 48.3 Å². The summed E-state index contributed by atoms with van der Waals surface area (Å²) in [5.41, 5.74) is 0. The third kappa shape index (κ3) is 5.78. The van der Waals surface area contributed by atoms with Crippen molar-refractivity contribution in [1.82, 2.24) is 14.8 Å². The van der Waals surface area contributed by atoms with Crippen LogP contribution in [0, 0.1) is 11.8 Å². The molecule has 2 atom stereocenters. The number of ether oxygens (including phenoxy) is 1. The van der Waals surface area contributed by atoms with Gasteiger partial charge in [0.25, 0.3) is 10.2 Å². The fourth-order valence-corrected chi connectivity index (χ4v) is 2.76. The van der Waals surface area contributed by atoms with Crippen molar-refractivity contribution in [2.45, 2.75) is 13.3 Å². The third-order valence-electron chi connectivity index (χ3n) is 3.12. The number of rotatable bonds is 7. The number of nitrogens with one attached hydrogen (secondary N) is 3. The summed E-state index contributed by atoms with van der Waals surface area (Å²) in [6, 6.07) is 0. The lowest BCUT2D eigenvalue weighted by atomic mass is 9.88. The van der Waals surface area contributed by atoms with E-state index in [9.17, 15) is 8.42 Å². The Bertz CT molecular complexity index is 308. The maximum Gasteiger partial charge on any atom is 0.276 e. The van der Waals surface area contributed by atoms with Crippen molar-refractivity contribution in [2.24, 2.45) is 11.8 Å². The quantitative estimate of drug-likeness (QED) is 0.532. The van der Waals surface area contributed by atoms with Gasteiger partial charge in [-0.25, -0.2) is 4.72 Å². The second kappa shape index (κ2) is 7.27. The molecule has 1 saturated heterocycles. The van der Waals surface area contributed by atoms with Gasteiger partial charge in [0.15, 0.2) is 0 Å². The molecular formula is C10H23N3O3S. The summed E-state index contributed by atoms with van der Waals surface area (Å²) in [4.78, 5) is 0. The molecule has 0 saturated carbocycles. The van der Waals surface area contributed by atoms with Gasteiger partial charge in [-0.05, 0) is 31.3 Å². The third-order valence-corrected chi connectivity index (χ3v) is 4.25. The maximum absolute atomic E-state index is 11.6. The lowest BCUT2D eigenvalue weighted by Gasteiger charge is -2.29. The van der Waals surface area contributed by atoms with E-state index >= 15 is 0 Å². The molecule has 0 spiro atoms. The van der Waals surface area contributed by atoms with Crippen LogP contribution in [0.4, 0.5) is 0 Å². The summed E-state index contributed by atoms with van der Waals surface area (Å²) in [5, 5.41) is 3.28.